The quantitative estimate of drug-likeness (QED) is 0.710. The molecule has 0 aromatic heterocycles. The van der Waals surface area contributed by atoms with Gasteiger partial charge in [-0.05, 0) is 57.5 Å². The van der Waals surface area contributed by atoms with Crippen LogP contribution < -0.4 is 9.47 Å². The van der Waals surface area contributed by atoms with Crippen molar-refractivity contribution in [1.82, 2.24) is 4.90 Å². The van der Waals surface area contributed by atoms with Crippen LogP contribution in [-0.4, -0.2) is 50.5 Å². The molecule has 1 atom stereocenters. The Balaban J connectivity index is 0.00000192. The monoisotopic (exact) mass is 341 g/mol. The first-order valence-corrected chi connectivity index (χ1v) is 8.60. The lowest BCUT2D eigenvalue weighted by Crippen LogP contribution is -2.33. The summed E-state index contributed by atoms with van der Waals surface area (Å²) in [4.78, 5) is 2.58. The Kier molecular flexibility index (Phi) is 8.00. The summed E-state index contributed by atoms with van der Waals surface area (Å²) in [5.41, 5.74) is 0. The van der Waals surface area contributed by atoms with Gasteiger partial charge in [0.15, 0.2) is 17.6 Å². The van der Waals surface area contributed by atoms with E-state index in [1.165, 1.54) is 45.3 Å². The van der Waals surface area contributed by atoms with E-state index in [1.54, 1.807) is 0 Å². The van der Waals surface area contributed by atoms with E-state index >= 15 is 0 Å². The zero-order valence-corrected chi connectivity index (χ0v) is 14.6. The van der Waals surface area contributed by atoms with Gasteiger partial charge < -0.3 is 19.1 Å². The number of fused-ring (bicyclic) bond motifs is 1. The molecule has 0 spiro atoms. The molecule has 4 nitrogen and oxygen atoms in total. The van der Waals surface area contributed by atoms with Crippen LogP contribution in [0.25, 0.3) is 0 Å². The predicted octanol–water partition coefficient (Wildman–Crippen LogP) is 3.53. The summed E-state index contributed by atoms with van der Waals surface area (Å²) in [7, 11) is 0. The van der Waals surface area contributed by atoms with E-state index in [2.05, 4.69) is 4.90 Å². The van der Waals surface area contributed by atoms with Crippen LogP contribution in [0.2, 0.25) is 0 Å². The molecule has 130 valence electrons. The van der Waals surface area contributed by atoms with Crippen molar-refractivity contribution in [2.75, 3.05) is 39.5 Å². The second kappa shape index (κ2) is 10.0. The van der Waals surface area contributed by atoms with Crippen molar-refractivity contribution in [3.8, 4) is 11.5 Å². The van der Waals surface area contributed by atoms with Crippen LogP contribution in [0.3, 0.4) is 0 Å². The lowest BCUT2D eigenvalue weighted by molar-refractivity contribution is 0.00740. The summed E-state index contributed by atoms with van der Waals surface area (Å²) in [6, 6.07) is 7.81. The molecule has 0 saturated carbocycles. The Morgan fingerprint density at radius 1 is 1.04 bits per heavy atom. The molecule has 3 rings (SSSR count). The normalized spacial score (nSPS) is 20.8. The molecule has 2 aliphatic heterocycles. The molecule has 1 aromatic rings. The van der Waals surface area contributed by atoms with Crippen molar-refractivity contribution in [3.05, 3.63) is 24.3 Å². The van der Waals surface area contributed by atoms with Gasteiger partial charge in [0.2, 0.25) is 0 Å². The molecular formula is C18H28ClNO3. The van der Waals surface area contributed by atoms with Crippen molar-refractivity contribution in [3.63, 3.8) is 0 Å². The number of likely N-dealkylation sites (tertiary alicyclic amines) is 1. The van der Waals surface area contributed by atoms with Crippen LogP contribution in [0.15, 0.2) is 24.3 Å². The lowest BCUT2D eigenvalue weighted by atomic mass is 10.1. The molecule has 0 amide bonds. The number of para-hydroxylation sites is 2. The number of nitrogens with zero attached hydrogens (tertiary/aromatic N) is 1. The van der Waals surface area contributed by atoms with Crippen molar-refractivity contribution in [2.24, 2.45) is 0 Å². The molecule has 1 aromatic carbocycles. The number of benzene rings is 1. The first kappa shape index (κ1) is 18.4. The van der Waals surface area contributed by atoms with Gasteiger partial charge in [-0.1, -0.05) is 18.6 Å². The maximum absolute atomic E-state index is 5.88. The van der Waals surface area contributed by atoms with Crippen molar-refractivity contribution < 1.29 is 14.2 Å². The van der Waals surface area contributed by atoms with Crippen molar-refractivity contribution >= 4 is 12.4 Å². The van der Waals surface area contributed by atoms with E-state index in [1.807, 2.05) is 24.3 Å². The van der Waals surface area contributed by atoms with Gasteiger partial charge in [-0.15, -0.1) is 12.4 Å². The first-order valence-electron chi connectivity index (χ1n) is 8.60. The minimum absolute atomic E-state index is 0. The van der Waals surface area contributed by atoms with Gasteiger partial charge in [0.25, 0.3) is 0 Å². The lowest BCUT2D eigenvalue weighted by Gasteiger charge is -2.27. The van der Waals surface area contributed by atoms with Gasteiger partial charge in [0.05, 0.1) is 6.61 Å². The fourth-order valence-corrected chi connectivity index (χ4v) is 3.08. The van der Waals surface area contributed by atoms with Gasteiger partial charge in [-0.25, -0.2) is 0 Å². The predicted molar refractivity (Wildman–Crippen MR) is 93.9 cm³/mol. The number of ether oxygens (including phenoxy) is 3. The number of hydrogen-bond donors (Lipinski definition) is 0. The zero-order valence-electron chi connectivity index (χ0n) is 13.7. The van der Waals surface area contributed by atoms with Crippen LogP contribution in [0.4, 0.5) is 0 Å². The SMILES string of the molecule is Cl.c1ccc2c(c1)OCC(COCCCCN1CCCCC1)O2. The Bertz CT molecular complexity index is 452. The molecule has 0 N–H and O–H groups in total. The second-order valence-electron chi connectivity index (χ2n) is 6.18. The topological polar surface area (TPSA) is 30.9 Å². The van der Waals surface area contributed by atoms with Crippen molar-refractivity contribution in [2.45, 2.75) is 38.2 Å². The van der Waals surface area contributed by atoms with E-state index in [9.17, 15) is 0 Å². The van der Waals surface area contributed by atoms with Gasteiger partial charge in [0.1, 0.15) is 6.61 Å². The van der Waals surface area contributed by atoms with Gasteiger partial charge in [-0.2, -0.15) is 0 Å². The number of halogens is 1. The second-order valence-corrected chi connectivity index (χ2v) is 6.18. The van der Waals surface area contributed by atoms with Crippen LogP contribution in [0.1, 0.15) is 32.1 Å². The number of piperidine rings is 1. The third-order valence-electron chi connectivity index (χ3n) is 4.33. The molecule has 23 heavy (non-hydrogen) atoms. The number of unbranched alkanes of at least 4 members (excludes halogenated alkanes) is 1. The van der Waals surface area contributed by atoms with Crippen molar-refractivity contribution in [1.29, 1.82) is 0 Å². The summed E-state index contributed by atoms with van der Waals surface area (Å²) >= 11 is 0. The Morgan fingerprint density at radius 3 is 2.65 bits per heavy atom. The van der Waals surface area contributed by atoms with Gasteiger partial charge in [0, 0.05) is 6.61 Å². The summed E-state index contributed by atoms with van der Waals surface area (Å²) < 4.78 is 17.3. The van der Waals surface area contributed by atoms with E-state index in [0.717, 1.165) is 24.5 Å². The minimum Gasteiger partial charge on any atom is -0.486 e. The average Bonchev–Trinajstić information content (AvgIpc) is 2.59. The summed E-state index contributed by atoms with van der Waals surface area (Å²) in [5.74, 6) is 1.66. The highest BCUT2D eigenvalue weighted by molar-refractivity contribution is 5.85. The maximum atomic E-state index is 5.88. The third kappa shape index (κ3) is 5.87. The molecule has 1 unspecified atom stereocenters. The van der Waals surface area contributed by atoms with Crippen LogP contribution in [0.5, 0.6) is 11.5 Å². The largest absolute Gasteiger partial charge is 0.486 e. The molecule has 2 heterocycles. The minimum atomic E-state index is 0. The van der Waals surface area contributed by atoms with Crippen LogP contribution in [0, 0.1) is 0 Å². The molecular weight excluding hydrogens is 314 g/mol. The summed E-state index contributed by atoms with van der Waals surface area (Å²) in [6.07, 6.45) is 6.52. The molecule has 5 heteroatoms. The fourth-order valence-electron chi connectivity index (χ4n) is 3.08. The van der Waals surface area contributed by atoms with E-state index in [-0.39, 0.29) is 18.5 Å². The maximum Gasteiger partial charge on any atom is 0.161 e. The number of rotatable bonds is 7. The van der Waals surface area contributed by atoms with Gasteiger partial charge >= 0.3 is 0 Å². The van der Waals surface area contributed by atoms with Crippen LogP contribution >= 0.6 is 12.4 Å². The average molecular weight is 342 g/mol. The highest BCUT2D eigenvalue weighted by atomic mass is 35.5. The molecule has 0 radical (unpaired) electrons. The number of hydrogen-bond acceptors (Lipinski definition) is 4. The first-order chi connectivity index (χ1) is 10.9. The molecule has 2 aliphatic rings. The highest BCUT2D eigenvalue weighted by Gasteiger charge is 2.20. The van der Waals surface area contributed by atoms with E-state index in [4.69, 9.17) is 14.2 Å². The Labute approximate surface area is 145 Å². The van der Waals surface area contributed by atoms with Crippen LogP contribution in [-0.2, 0) is 4.74 Å². The molecule has 0 aliphatic carbocycles. The molecule has 1 saturated heterocycles. The highest BCUT2D eigenvalue weighted by Crippen LogP contribution is 2.30. The standard InChI is InChI=1S/C18H27NO3.ClH/c1-4-10-19(11-5-1)12-6-7-13-20-14-16-15-21-17-8-2-3-9-18(17)22-16;/h2-3,8-9,16H,1,4-7,10-15H2;1H. The smallest absolute Gasteiger partial charge is 0.161 e. The fraction of sp³-hybridized carbons (Fsp3) is 0.667. The Hall–Kier alpha value is -0.970. The van der Waals surface area contributed by atoms with E-state index in [0.29, 0.717) is 13.2 Å². The zero-order chi connectivity index (χ0) is 15.0. The third-order valence-corrected chi connectivity index (χ3v) is 4.33. The Morgan fingerprint density at radius 2 is 1.83 bits per heavy atom. The molecule has 0 bridgehead atoms. The summed E-state index contributed by atoms with van der Waals surface area (Å²) in [5, 5.41) is 0. The van der Waals surface area contributed by atoms with Gasteiger partial charge in [-0.3, -0.25) is 0 Å². The summed E-state index contributed by atoms with van der Waals surface area (Å²) in [6.45, 7) is 5.79. The van der Waals surface area contributed by atoms with E-state index < -0.39 is 0 Å². The molecule has 1 fully saturated rings.